The Morgan fingerprint density at radius 2 is 1.88 bits per heavy atom. The van der Waals surface area contributed by atoms with E-state index in [1.54, 1.807) is 18.1 Å². The molecule has 0 unspecified atom stereocenters. The summed E-state index contributed by atoms with van der Waals surface area (Å²) in [6.07, 6.45) is -2.04. The van der Waals surface area contributed by atoms with Crippen LogP contribution in [0.5, 0.6) is 5.75 Å². The number of para-hydroxylation sites is 1. The van der Waals surface area contributed by atoms with Crippen LogP contribution in [0.15, 0.2) is 61.2 Å². The molecule has 2 aromatic heterocycles. The van der Waals surface area contributed by atoms with Gasteiger partial charge in [0.15, 0.2) is 11.6 Å². The van der Waals surface area contributed by atoms with Gasteiger partial charge in [-0.25, -0.2) is 14.4 Å². The van der Waals surface area contributed by atoms with Crippen molar-refractivity contribution in [1.29, 1.82) is 0 Å². The SMILES string of the molecule is C=C(F)C(=O)Nc1cc(Nc2ncc(Cl)c(-c3c[nH]c4ccccc34)n2)c(OC(F)(F)F)cc1N(C)CCN(C)C. The Bertz CT molecular complexity index is 1590. The number of ether oxygens (including phenoxy) is 1. The summed E-state index contributed by atoms with van der Waals surface area (Å²) < 4.78 is 58.3. The normalized spacial score (nSPS) is 11.5. The first kappa shape index (κ1) is 29.6. The molecule has 41 heavy (non-hydrogen) atoms. The summed E-state index contributed by atoms with van der Waals surface area (Å²) in [4.78, 5) is 27.3. The zero-order valence-electron chi connectivity index (χ0n) is 22.2. The molecular formula is C27H26ClF4N7O2. The summed E-state index contributed by atoms with van der Waals surface area (Å²) >= 11 is 6.39. The van der Waals surface area contributed by atoms with Crippen molar-refractivity contribution in [3.05, 3.63) is 66.2 Å². The average molecular weight is 592 g/mol. The Balaban J connectivity index is 1.80. The van der Waals surface area contributed by atoms with Gasteiger partial charge in [0.1, 0.15) is 0 Å². The highest BCUT2D eigenvalue weighted by Gasteiger charge is 2.33. The maximum atomic E-state index is 13.6. The molecule has 0 aliphatic rings. The van der Waals surface area contributed by atoms with Crippen molar-refractivity contribution in [2.45, 2.75) is 6.36 Å². The number of fused-ring (bicyclic) bond motifs is 1. The third-order valence-corrected chi connectivity index (χ3v) is 6.22. The molecule has 0 spiro atoms. The number of hydrogen-bond donors (Lipinski definition) is 3. The van der Waals surface area contributed by atoms with Crippen molar-refractivity contribution in [1.82, 2.24) is 19.9 Å². The fourth-order valence-corrected chi connectivity index (χ4v) is 4.15. The van der Waals surface area contributed by atoms with E-state index >= 15 is 0 Å². The summed E-state index contributed by atoms with van der Waals surface area (Å²) in [5.41, 5.74) is 1.69. The van der Waals surface area contributed by atoms with Crippen LogP contribution in [0.2, 0.25) is 5.02 Å². The molecule has 0 radical (unpaired) electrons. The van der Waals surface area contributed by atoms with Gasteiger partial charge >= 0.3 is 6.36 Å². The Labute approximate surface area is 237 Å². The first-order valence-electron chi connectivity index (χ1n) is 12.1. The zero-order chi connectivity index (χ0) is 29.9. The molecule has 0 aliphatic heterocycles. The number of benzene rings is 2. The summed E-state index contributed by atoms with van der Waals surface area (Å²) in [5.74, 6) is -3.18. The maximum absolute atomic E-state index is 13.6. The average Bonchev–Trinajstić information content (AvgIpc) is 3.32. The van der Waals surface area contributed by atoms with Crippen molar-refractivity contribution in [2.24, 2.45) is 0 Å². The number of hydrogen-bond acceptors (Lipinski definition) is 7. The van der Waals surface area contributed by atoms with Gasteiger partial charge < -0.3 is 30.2 Å². The van der Waals surface area contributed by atoms with Crippen LogP contribution >= 0.6 is 11.6 Å². The molecule has 0 aliphatic carbocycles. The standard InChI is InChI=1S/C27H26ClF4N7O2/c1-15(29)25(40)35-20-11-21(23(41-27(30,31)32)12-22(20)39(4)10-9-38(2)3)36-26-34-14-18(28)24(37-26)17-13-33-19-8-6-5-7-16(17)19/h5-8,11-14,33H,1,9-10H2,2-4H3,(H,35,40)(H,34,36,37). The number of carbonyl (C=O) groups is 1. The second-order valence-corrected chi connectivity index (χ2v) is 9.67. The number of aromatic amines is 1. The number of carbonyl (C=O) groups excluding carboxylic acids is 1. The molecule has 0 fully saturated rings. The van der Waals surface area contributed by atoms with E-state index in [2.05, 4.69) is 36.9 Å². The van der Waals surface area contributed by atoms with Gasteiger partial charge in [-0.1, -0.05) is 36.4 Å². The second kappa shape index (κ2) is 12.0. The summed E-state index contributed by atoms with van der Waals surface area (Å²) in [6.45, 7) is 3.87. The monoisotopic (exact) mass is 591 g/mol. The number of alkyl halides is 3. The van der Waals surface area contributed by atoms with Crippen LogP contribution in [0.3, 0.4) is 0 Å². The highest BCUT2D eigenvalue weighted by molar-refractivity contribution is 6.33. The zero-order valence-corrected chi connectivity index (χ0v) is 23.0. The van der Waals surface area contributed by atoms with Crippen LogP contribution < -0.4 is 20.3 Å². The van der Waals surface area contributed by atoms with E-state index in [0.29, 0.717) is 24.3 Å². The van der Waals surface area contributed by atoms with Crippen LogP contribution in [0.1, 0.15) is 0 Å². The Morgan fingerprint density at radius 3 is 2.56 bits per heavy atom. The third kappa shape index (κ3) is 7.24. The highest BCUT2D eigenvalue weighted by atomic mass is 35.5. The number of likely N-dealkylation sites (N-methyl/N-ethyl adjacent to an activating group) is 2. The predicted octanol–water partition coefficient (Wildman–Crippen LogP) is 6.34. The van der Waals surface area contributed by atoms with E-state index in [9.17, 15) is 22.4 Å². The summed E-state index contributed by atoms with van der Waals surface area (Å²) in [6, 6.07) is 9.68. The lowest BCUT2D eigenvalue weighted by molar-refractivity contribution is -0.274. The number of rotatable bonds is 10. The van der Waals surface area contributed by atoms with Gasteiger partial charge in [-0.15, -0.1) is 13.2 Å². The molecule has 0 bridgehead atoms. The number of aromatic nitrogens is 3. The highest BCUT2D eigenvalue weighted by Crippen LogP contribution is 2.41. The van der Waals surface area contributed by atoms with Crippen LogP contribution in [-0.2, 0) is 4.79 Å². The minimum absolute atomic E-state index is 0.00195. The van der Waals surface area contributed by atoms with Gasteiger partial charge in [-0.3, -0.25) is 4.79 Å². The maximum Gasteiger partial charge on any atom is 0.573 e. The molecule has 2 heterocycles. The first-order chi connectivity index (χ1) is 19.3. The fraction of sp³-hybridized carbons (Fsp3) is 0.222. The number of amides is 1. The Kier molecular flexibility index (Phi) is 8.69. The molecule has 14 heteroatoms. The number of nitrogens with zero attached hydrogens (tertiary/aromatic N) is 4. The molecule has 0 saturated carbocycles. The lowest BCUT2D eigenvalue weighted by Crippen LogP contribution is -2.29. The van der Waals surface area contributed by atoms with Crippen molar-refractivity contribution in [2.75, 3.05) is 49.8 Å². The molecule has 4 aromatic rings. The van der Waals surface area contributed by atoms with Crippen molar-refractivity contribution < 1.29 is 27.1 Å². The molecule has 2 aromatic carbocycles. The smallest absolute Gasteiger partial charge is 0.403 e. The molecule has 3 N–H and O–H groups in total. The van der Waals surface area contributed by atoms with Crippen LogP contribution in [-0.4, -0.2) is 66.4 Å². The van der Waals surface area contributed by atoms with Gasteiger partial charge in [0.05, 0.1) is 34.0 Å². The van der Waals surface area contributed by atoms with E-state index in [-0.39, 0.29) is 28.0 Å². The molecule has 1 amide bonds. The summed E-state index contributed by atoms with van der Waals surface area (Å²) in [5, 5.41) is 6.10. The predicted molar refractivity (Wildman–Crippen MR) is 151 cm³/mol. The lowest BCUT2D eigenvalue weighted by Gasteiger charge is -2.26. The molecule has 216 valence electrons. The van der Waals surface area contributed by atoms with E-state index < -0.39 is 23.8 Å². The van der Waals surface area contributed by atoms with E-state index in [0.717, 1.165) is 17.0 Å². The quantitative estimate of drug-likeness (QED) is 0.146. The van der Waals surface area contributed by atoms with Crippen molar-refractivity contribution in [3.8, 4) is 17.0 Å². The van der Waals surface area contributed by atoms with Gasteiger partial charge in [0, 0.05) is 48.9 Å². The summed E-state index contributed by atoms with van der Waals surface area (Å²) in [7, 11) is 5.26. The lowest BCUT2D eigenvalue weighted by atomic mass is 10.1. The van der Waals surface area contributed by atoms with Crippen molar-refractivity contribution >= 4 is 51.4 Å². The molecule has 9 nitrogen and oxygen atoms in total. The molecule has 4 rings (SSSR count). The van der Waals surface area contributed by atoms with Crippen LogP contribution in [0.4, 0.5) is 40.6 Å². The molecular weight excluding hydrogens is 566 g/mol. The van der Waals surface area contributed by atoms with Crippen LogP contribution in [0.25, 0.3) is 22.2 Å². The van der Waals surface area contributed by atoms with Crippen LogP contribution in [0, 0.1) is 0 Å². The third-order valence-electron chi connectivity index (χ3n) is 5.95. The fourth-order valence-electron chi connectivity index (χ4n) is 3.96. The Hall–Kier alpha value is -4.36. The molecule has 0 saturated heterocycles. The van der Waals surface area contributed by atoms with E-state index in [1.165, 1.54) is 12.3 Å². The minimum atomic E-state index is -5.05. The van der Waals surface area contributed by atoms with Gasteiger partial charge in [-0.05, 0) is 26.2 Å². The Morgan fingerprint density at radius 1 is 1.15 bits per heavy atom. The van der Waals surface area contributed by atoms with E-state index in [1.807, 2.05) is 43.3 Å². The second-order valence-electron chi connectivity index (χ2n) is 9.26. The largest absolute Gasteiger partial charge is 0.573 e. The van der Waals surface area contributed by atoms with Gasteiger partial charge in [0.25, 0.3) is 5.91 Å². The minimum Gasteiger partial charge on any atom is -0.403 e. The number of nitrogens with one attached hydrogen (secondary N) is 3. The number of anilines is 4. The number of H-pyrrole nitrogens is 1. The topological polar surface area (TPSA) is 98.4 Å². The van der Waals surface area contributed by atoms with Gasteiger partial charge in [0.2, 0.25) is 5.95 Å². The van der Waals surface area contributed by atoms with E-state index in [4.69, 9.17) is 11.6 Å². The first-order valence-corrected chi connectivity index (χ1v) is 12.5. The number of halogens is 5. The van der Waals surface area contributed by atoms with Gasteiger partial charge in [-0.2, -0.15) is 0 Å². The molecule has 0 atom stereocenters. The van der Waals surface area contributed by atoms with Crippen molar-refractivity contribution in [3.63, 3.8) is 0 Å².